The minimum absolute atomic E-state index is 0.171. The van der Waals surface area contributed by atoms with Gasteiger partial charge >= 0.3 is 6.09 Å². The Hall–Kier alpha value is -2.95. The van der Waals surface area contributed by atoms with E-state index < -0.39 is 12.1 Å². The van der Waals surface area contributed by atoms with E-state index in [0.29, 0.717) is 5.56 Å². The van der Waals surface area contributed by atoms with Gasteiger partial charge in [0.25, 0.3) is 5.91 Å². The van der Waals surface area contributed by atoms with E-state index in [0.717, 1.165) is 22.4 Å². The Morgan fingerprint density at radius 1 is 1.20 bits per heavy atom. The van der Waals surface area contributed by atoms with Crippen molar-refractivity contribution in [3.8, 4) is 0 Å². The first-order chi connectivity index (χ1) is 12.0. The van der Waals surface area contributed by atoms with Gasteiger partial charge in [-0.25, -0.2) is 9.69 Å². The van der Waals surface area contributed by atoms with Crippen LogP contribution in [0.1, 0.15) is 40.0 Å². The fraction of sp³-hybridized carbons (Fsp3) is 0.250. The van der Waals surface area contributed by atoms with Crippen molar-refractivity contribution in [2.75, 3.05) is 6.61 Å². The van der Waals surface area contributed by atoms with Crippen LogP contribution in [0.3, 0.4) is 0 Å². The molecule has 1 aliphatic rings. The van der Waals surface area contributed by atoms with Crippen molar-refractivity contribution in [2.24, 2.45) is 4.99 Å². The van der Waals surface area contributed by atoms with E-state index >= 15 is 0 Å². The summed E-state index contributed by atoms with van der Waals surface area (Å²) in [5.74, 6) is -0.344. The topological polar surface area (TPSA) is 59.0 Å². The van der Waals surface area contributed by atoms with Gasteiger partial charge in [0.2, 0.25) is 0 Å². The molecule has 0 aliphatic carbocycles. The maximum absolute atomic E-state index is 13.1. The fourth-order valence-electron chi connectivity index (χ4n) is 3.01. The number of ether oxygens (including phenoxy) is 1. The second-order valence-corrected chi connectivity index (χ2v) is 6.02. The predicted molar refractivity (Wildman–Crippen MR) is 96.4 cm³/mol. The van der Waals surface area contributed by atoms with Crippen LogP contribution in [0.25, 0.3) is 0 Å². The van der Waals surface area contributed by atoms with Gasteiger partial charge < -0.3 is 4.74 Å². The Balaban J connectivity index is 1.99. The molecule has 1 heterocycles. The average Bonchev–Trinajstić information content (AvgIpc) is 3.00. The fourth-order valence-corrected chi connectivity index (χ4v) is 3.01. The summed E-state index contributed by atoms with van der Waals surface area (Å²) in [4.78, 5) is 30.8. The molecule has 1 aliphatic heterocycles. The molecule has 0 unspecified atom stereocenters. The number of nitrogens with zero attached hydrogens (tertiary/aromatic N) is 2. The molecule has 1 fully saturated rings. The smallest absolute Gasteiger partial charge is 0.417 e. The summed E-state index contributed by atoms with van der Waals surface area (Å²) < 4.78 is 5.15. The Bertz CT molecular complexity index is 844. The molecular formula is C20H20N2O3. The molecule has 5 heteroatoms. The van der Waals surface area contributed by atoms with E-state index in [1.54, 1.807) is 12.3 Å². The van der Waals surface area contributed by atoms with Crippen LogP contribution in [0.4, 0.5) is 10.5 Å². The molecular weight excluding hydrogens is 316 g/mol. The third-order valence-electron chi connectivity index (χ3n) is 4.32. The van der Waals surface area contributed by atoms with Gasteiger partial charge in [-0.15, -0.1) is 0 Å². The molecule has 2 aromatic rings. The minimum Gasteiger partial charge on any atom is -0.446 e. The summed E-state index contributed by atoms with van der Waals surface area (Å²) >= 11 is 0. The molecule has 2 aromatic carbocycles. The van der Waals surface area contributed by atoms with Crippen molar-refractivity contribution >= 4 is 23.9 Å². The highest BCUT2D eigenvalue weighted by Crippen LogP contribution is 2.31. The van der Waals surface area contributed by atoms with E-state index in [1.165, 1.54) is 4.90 Å². The van der Waals surface area contributed by atoms with Crippen molar-refractivity contribution in [1.82, 2.24) is 4.90 Å². The monoisotopic (exact) mass is 336 g/mol. The van der Waals surface area contributed by atoms with Gasteiger partial charge in [0.05, 0.1) is 5.69 Å². The Morgan fingerprint density at radius 3 is 2.60 bits per heavy atom. The second-order valence-electron chi connectivity index (χ2n) is 6.02. The van der Waals surface area contributed by atoms with E-state index in [9.17, 15) is 9.59 Å². The number of carbonyl (C=O) groups excluding carboxylic acids is 2. The molecule has 0 spiro atoms. The van der Waals surface area contributed by atoms with Gasteiger partial charge in [0.1, 0.15) is 12.6 Å². The van der Waals surface area contributed by atoms with E-state index in [4.69, 9.17) is 4.74 Å². The lowest BCUT2D eigenvalue weighted by molar-refractivity contribution is 0.0773. The van der Waals surface area contributed by atoms with Crippen LogP contribution >= 0.6 is 0 Å². The highest BCUT2D eigenvalue weighted by Gasteiger charge is 2.39. The zero-order valence-corrected chi connectivity index (χ0v) is 14.5. The number of benzene rings is 2. The van der Waals surface area contributed by atoms with Crippen molar-refractivity contribution in [2.45, 2.75) is 26.8 Å². The molecule has 0 bridgehead atoms. The van der Waals surface area contributed by atoms with Gasteiger partial charge in [-0.2, -0.15) is 0 Å². The van der Waals surface area contributed by atoms with Crippen LogP contribution in [0.2, 0.25) is 0 Å². The van der Waals surface area contributed by atoms with Crippen molar-refractivity contribution in [3.63, 3.8) is 0 Å². The summed E-state index contributed by atoms with van der Waals surface area (Å²) in [6.07, 6.45) is 1.11. The molecule has 0 radical (unpaired) electrons. The van der Waals surface area contributed by atoms with Gasteiger partial charge in [-0.1, -0.05) is 30.3 Å². The average molecular weight is 336 g/mol. The third-order valence-corrected chi connectivity index (χ3v) is 4.32. The molecule has 1 saturated heterocycles. The second kappa shape index (κ2) is 6.89. The van der Waals surface area contributed by atoms with Crippen molar-refractivity contribution in [3.05, 3.63) is 64.7 Å². The summed E-state index contributed by atoms with van der Waals surface area (Å²) in [6.45, 7) is 5.76. The number of aliphatic imine (C=N–C) groups is 1. The van der Waals surface area contributed by atoms with Gasteiger partial charge in [0, 0.05) is 11.8 Å². The number of hydrogen-bond donors (Lipinski definition) is 0. The first-order valence-electron chi connectivity index (χ1n) is 8.18. The molecule has 0 saturated carbocycles. The number of rotatable bonds is 3. The lowest BCUT2D eigenvalue weighted by Crippen LogP contribution is -2.34. The number of carbonyl (C=O) groups is 2. The number of aryl methyl sites for hydroxylation is 2. The lowest BCUT2D eigenvalue weighted by atomic mass is 10.0. The van der Waals surface area contributed by atoms with Crippen LogP contribution in [-0.2, 0) is 4.74 Å². The van der Waals surface area contributed by atoms with E-state index in [-0.39, 0.29) is 12.5 Å². The van der Waals surface area contributed by atoms with Crippen LogP contribution in [0.15, 0.2) is 47.5 Å². The van der Waals surface area contributed by atoms with Gasteiger partial charge in [0.15, 0.2) is 0 Å². The largest absolute Gasteiger partial charge is 0.446 e. The van der Waals surface area contributed by atoms with Crippen LogP contribution in [0.5, 0.6) is 0 Å². The SMILES string of the molecule is CC=Nc1cc(C)c(C(=O)N2C(=O)OC[C@H]2c2ccccc2)cc1C. The molecule has 25 heavy (non-hydrogen) atoms. The molecule has 5 nitrogen and oxygen atoms in total. The van der Waals surface area contributed by atoms with Gasteiger partial charge in [-0.3, -0.25) is 9.79 Å². The molecule has 3 rings (SSSR count). The Kier molecular flexibility index (Phi) is 4.65. The number of imide groups is 1. The van der Waals surface area contributed by atoms with Crippen molar-refractivity contribution < 1.29 is 14.3 Å². The zero-order valence-electron chi connectivity index (χ0n) is 14.5. The van der Waals surface area contributed by atoms with E-state index in [2.05, 4.69) is 4.99 Å². The zero-order chi connectivity index (χ0) is 18.0. The summed E-state index contributed by atoms with van der Waals surface area (Å²) in [7, 11) is 0. The molecule has 0 N–H and O–H groups in total. The molecule has 128 valence electrons. The number of amides is 2. The van der Waals surface area contributed by atoms with Crippen LogP contribution in [0, 0.1) is 13.8 Å². The van der Waals surface area contributed by atoms with E-state index in [1.807, 2.05) is 57.2 Å². The molecule has 2 amide bonds. The van der Waals surface area contributed by atoms with Crippen molar-refractivity contribution in [1.29, 1.82) is 0 Å². The summed E-state index contributed by atoms with van der Waals surface area (Å²) in [5, 5.41) is 0. The minimum atomic E-state index is -0.605. The third kappa shape index (κ3) is 3.18. The number of cyclic esters (lactones) is 1. The highest BCUT2D eigenvalue weighted by atomic mass is 16.6. The van der Waals surface area contributed by atoms with Gasteiger partial charge in [-0.05, 0) is 49.6 Å². The number of hydrogen-bond acceptors (Lipinski definition) is 4. The first-order valence-corrected chi connectivity index (χ1v) is 8.18. The Labute approximate surface area is 146 Å². The van der Waals surface area contributed by atoms with Crippen LogP contribution < -0.4 is 0 Å². The maximum atomic E-state index is 13.1. The summed E-state index contributed by atoms with van der Waals surface area (Å²) in [6, 6.07) is 12.7. The standard InChI is InChI=1S/C20H20N2O3/c1-4-21-17-11-13(2)16(10-14(17)3)19(23)22-18(12-25-20(22)24)15-8-6-5-7-9-15/h4-11,18H,12H2,1-3H3/t18-/m0/s1. The molecule has 1 atom stereocenters. The quantitative estimate of drug-likeness (QED) is 0.783. The van der Waals surface area contributed by atoms with Crippen LogP contribution in [-0.4, -0.2) is 29.7 Å². The maximum Gasteiger partial charge on any atom is 0.417 e. The Morgan fingerprint density at radius 2 is 1.92 bits per heavy atom. The lowest BCUT2D eigenvalue weighted by Gasteiger charge is -2.21. The predicted octanol–water partition coefficient (Wildman–Crippen LogP) is 4.36. The summed E-state index contributed by atoms with van der Waals surface area (Å²) in [5.41, 5.74) is 3.86. The highest BCUT2D eigenvalue weighted by molar-refractivity contribution is 6.05. The molecule has 0 aromatic heterocycles. The first kappa shape index (κ1) is 16.9. The normalized spacial score (nSPS) is 17.2.